The van der Waals surface area contributed by atoms with Gasteiger partial charge in [-0.25, -0.2) is 4.90 Å². The van der Waals surface area contributed by atoms with Crippen LogP contribution in [0.1, 0.15) is 35.8 Å². The van der Waals surface area contributed by atoms with Gasteiger partial charge in [-0.1, -0.05) is 53.4 Å². The molecular weight excluding hydrogens is 609 g/mol. The Bertz CT molecular complexity index is 1810. The molecule has 4 aromatic rings. The topological polar surface area (TPSA) is 101 Å². The number of hydrogen-bond acceptors (Lipinski definition) is 8. The van der Waals surface area contributed by atoms with Crippen LogP contribution in [-0.2, 0) is 20.9 Å². The molecule has 3 amide bonds. The van der Waals surface area contributed by atoms with Gasteiger partial charge in [0.2, 0.25) is 17.7 Å². The molecule has 1 N–H and O–H groups in total. The second-order valence-corrected chi connectivity index (χ2v) is 13.1. The van der Waals surface area contributed by atoms with E-state index in [2.05, 4.69) is 24.1 Å². The molecule has 45 heavy (non-hydrogen) atoms. The molecule has 1 fully saturated rings. The maximum Gasteiger partial charge on any atom is 0.308 e. The van der Waals surface area contributed by atoms with Crippen LogP contribution >= 0.6 is 23.1 Å². The average molecular weight is 643 g/mol. The number of aromatic nitrogens is 1. The van der Waals surface area contributed by atoms with Gasteiger partial charge in [-0.15, -0.1) is 0 Å². The van der Waals surface area contributed by atoms with E-state index in [1.54, 1.807) is 31.4 Å². The normalized spacial score (nSPS) is 18.8. The van der Waals surface area contributed by atoms with Gasteiger partial charge in [0.15, 0.2) is 0 Å². The highest BCUT2D eigenvalue weighted by atomic mass is 32.2. The molecular formula is C34H34N4O5S2. The van der Waals surface area contributed by atoms with Gasteiger partial charge < -0.3 is 15.0 Å². The van der Waals surface area contributed by atoms with Crippen LogP contribution in [0.25, 0.3) is 0 Å². The number of fused-ring (bicyclic) bond motifs is 2. The van der Waals surface area contributed by atoms with Gasteiger partial charge in [0.25, 0.3) is 0 Å². The number of nitrogens with zero attached hydrogens (tertiary/aromatic N) is 3. The number of imide groups is 1. The summed E-state index contributed by atoms with van der Waals surface area (Å²) in [6.07, 6.45) is 0. The molecule has 0 aliphatic carbocycles. The number of para-hydroxylation sites is 1. The number of amides is 3. The van der Waals surface area contributed by atoms with Crippen LogP contribution in [-0.4, -0.2) is 47.7 Å². The third-order valence-corrected chi connectivity index (χ3v) is 11.1. The highest BCUT2D eigenvalue weighted by Crippen LogP contribution is 2.54. The number of rotatable bonds is 9. The van der Waals surface area contributed by atoms with Crippen LogP contribution in [0.4, 0.5) is 17.1 Å². The fraction of sp³-hybridized carbons (Fsp3) is 0.294. The molecule has 0 saturated carbocycles. The summed E-state index contributed by atoms with van der Waals surface area (Å²) in [6.45, 7) is 7.59. The van der Waals surface area contributed by atoms with Gasteiger partial charge in [-0.3, -0.25) is 23.7 Å². The molecule has 3 unspecified atom stereocenters. The van der Waals surface area contributed by atoms with Crippen molar-refractivity contribution in [2.24, 2.45) is 5.92 Å². The Labute approximate surface area is 269 Å². The van der Waals surface area contributed by atoms with E-state index in [-0.39, 0.29) is 29.1 Å². The molecule has 3 heterocycles. The van der Waals surface area contributed by atoms with E-state index in [9.17, 15) is 19.2 Å². The molecule has 3 atom stereocenters. The zero-order valence-corrected chi connectivity index (χ0v) is 27.1. The van der Waals surface area contributed by atoms with Crippen LogP contribution in [0.15, 0.2) is 82.6 Å². The first-order chi connectivity index (χ1) is 21.7. The number of carbonyl (C=O) groups is 3. The monoisotopic (exact) mass is 642 g/mol. The zero-order valence-electron chi connectivity index (χ0n) is 25.5. The molecule has 11 heteroatoms. The Morgan fingerprint density at radius 2 is 1.62 bits per heavy atom. The summed E-state index contributed by atoms with van der Waals surface area (Å²) in [5.74, 6) is -1.63. The number of benzene rings is 3. The van der Waals surface area contributed by atoms with Gasteiger partial charge in [0, 0.05) is 35.3 Å². The predicted octanol–water partition coefficient (Wildman–Crippen LogP) is 5.51. The van der Waals surface area contributed by atoms with Crippen LogP contribution in [0, 0.1) is 12.8 Å². The maximum atomic E-state index is 14.2. The quantitative estimate of drug-likeness (QED) is 0.241. The number of hydrogen-bond donors (Lipinski definition) is 1. The smallest absolute Gasteiger partial charge is 0.308 e. The highest BCUT2D eigenvalue weighted by Gasteiger charge is 2.56. The lowest BCUT2D eigenvalue weighted by Crippen LogP contribution is -2.33. The SMILES string of the molecule is CCN(CC)c1ccc(C2c3sc(=O)n(CC(=O)Nc4ccccc4C)c3SC3C(=O)N(c4ccc(OC)cc4)C(=O)C32)cc1. The van der Waals surface area contributed by atoms with Crippen molar-refractivity contribution >= 4 is 57.9 Å². The predicted molar refractivity (Wildman–Crippen MR) is 179 cm³/mol. The Kier molecular flexibility index (Phi) is 8.56. The first kappa shape index (κ1) is 30.7. The number of thiazole rings is 1. The molecule has 9 nitrogen and oxygen atoms in total. The third kappa shape index (κ3) is 5.55. The van der Waals surface area contributed by atoms with Crippen molar-refractivity contribution in [3.63, 3.8) is 0 Å². The van der Waals surface area contributed by atoms with E-state index in [1.807, 2.05) is 55.5 Å². The minimum Gasteiger partial charge on any atom is -0.497 e. The van der Waals surface area contributed by atoms with Gasteiger partial charge in [-0.2, -0.15) is 0 Å². The van der Waals surface area contributed by atoms with Crippen LogP contribution in [0.3, 0.4) is 0 Å². The minimum atomic E-state index is -0.765. The second-order valence-electron chi connectivity index (χ2n) is 11.0. The molecule has 2 aliphatic rings. The molecule has 2 aliphatic heterocycles. The van der Waals surface area contributed by atoms with Gasteiger partial charge in [0.1, 0.15) is 17.5 Å². The fourth-order valence-corrected chi connectivity index (χ4v) is 8.90. The Hall–Kier alpha value is -4.35. The number of methoxy groups -OCH3 is 1. The molecule has 3 aromatic carbocycles. The second kappa shape index (κ2) is 12.6. The van der Waals surface area contributed by atoms with E-state index in [4.69, 9.17) is 4.74 Å². The Balaban J connectivity index is 1.41. The van der Waals surface area contributed by atoms with Crippen LogP contribution in [0.5, 0.6) is 5.75 Å². The molecule has 0 bridgehead atoms. The zero-order chi connectivity index (χ0) is 31.8. The molecule has 0 radical (unpaired) electrons. The Morgan fingerprint density at radius 1 is 0.933 bits per heavy atom. The van der Waals surface area contributed by atoms with Crippen molar-refractivity contribution in [3.8, 4) is 5.75 Å². The van der Waals surface area contributed by atoms with Crippen molar-refractivity contribution < 1.29 is 19.1 Å². The summed E-state index contributed by atoms with van der Waals surface area (Å²) >= 11 is 2.25. The van der Waals surface area contributed by atoms with Crippen LogP contribution in [0.2, 0.25) is 0 Å². The van der Waals surface area contributed by atoms with E-state index < -0.39 is 17.1 Å². The lowest BCUT2D eigenvalue weighted by molar-refractivity contribution is -0.122. The van der Waals surface area contributed by atoms with E-state index in [1.165, 1.54) is 21.2 Å². The van der Waals surface area contributed by atoms with E-state index >= 15 is 0 Å². The number of carbonyl (C=O) groups excluding carboxylic acids is 3. The molecule has 1 saturated heterocycles. The van der Waals surface area contributed by atoms with Gasteiger partial charge >= 0.3 is 4.87 Å². The summed E-state index contributed by atoms with van der Waals surface area (Å²) in [7, 11) is 1.56. The van der Waals surface area contributed by atoms with Crippen molar-refractivity contribution in [2.45, 2.75) is 43.5 Å². The third-order valence-electron chi connectivity index (χ3n) is 8.48. The number of aryl methyl sites for hydroxylation is 1. The van der Waals surface area contributed by atoms with Crippen molar-refractivity contribution in [2.75, 3.05) is 35.3 Å². The first-order valence-electron chi connectivity index (χ1n) is 14.9. The van der Waals surface area contributed by atoms with Crippen molar-refractivity contribution in [1.29, 1.82) is 0 Å². The number of thioether (sulfide) groups is 1. The molecule has 6 rings (SSSR count). The summed E-state index contributed by atoms with van der Waals surface area (Å²) in [4.78, 5) is 58.7. The average Bonchev–Trinajstić information content (AvgIpc) is 3.49. The van der Waals surface area contributed by atoms with E-state index in [0.29, 0.717) is 27.0 Å². The summed E-state index contributed by atoms with van der Waals surface area (Å²) in [5, 5.41) is 2.70. The Morgan fingerprint density at radius 3 is 2.27 bits per heavy atom. The maximum absolute atomic E-state index is 14.2. The van der Waals surface area contributed by atoms with Gasteiger partial charge in [0.05, 0.1) is 23.7 Å². The largest absolute Gasteiger partial charge is 0.497 e. The van der Waals surface area contributed by atoms with Crippen molar-refractivity contribution in [1.82, 2.24) is 4.57 Å². The number of nitrogens with one attached hydrogen (secondary N) is 1. The summed E-state index contributed by atoms with van der Waals surface area (Å²) < 4.78 is 6.71. The van der Waals surface area contributed by atoms with E-state index in [0.717, 1.165) is 41.2 Å². The molecule has 1 aromatic heterocycles. The minimum absolute atomic E-state index is 0.207. The lowest BCUT2D eigenvalue weighted by atomic mass is 9.83. The molecule has 232 valence electrons. The van der Waals surface area contributed by atoms with Crippen molar-refractivity contribution in [3.05, 3.63) is 98.5 Å². The number of ether oxygens (including phenoxy) is 1. The van der Waals surface area contributed by atoms with Crippen LogP contribution < -0.4 is 24.7 Å². The highest BCUT2D eigenvalue weighted by molar-refractivity contribution is 8.00. The van der Waals surface area contributed by atoms with Gasteiger partial charge in [-0.05, 0) is 74.4 Å². The fourth-order valence-electron chi connectivity index (χ4n) is 6.13. The first-order valence-corrected chi connectivity index (χ1v) is 16.6. The summed E-state index contributed by atoms with van der Waals surface area (Å²) in [5.41, 5.74) is 3.95. The molecule has 0 spiro atoms. The standard InChI is InChI=1S/C34H34N4O5S2/c1-5-36(6-2)22-13-11-21(12-14-22)27-28-29(32(41)38(31(28)40)23-15-17-24(43-4)18-16-23)44-33-30(27)45-34(42)37(33)19-26(39)35-25-10-8-7-9-20(25)3/h7-18,27-29H,5-6,19H2,1-4H3,(H,35,39). The lowest BCUT2D eigenvalue weighted by Gasteiger charge is -2.31. The number of anilines is 3. The summed E-state index contributed by atoms with van der Waals surface area (Å²) in [6, 6.07) is 22.3.